The molecule has 1 aromatic carbocycles. The van der Waals surface area contributed by atoms with Crippen molar-refractivity contribution in [3.8, 4) is 0 Å². The van der Waals surface area contributed by atoms with Gasteiger partial charge in [0.1, 0.15) is 5.69 Å². The van der Waals surface area contributed by atoms with Crippen LogP contribution in [0.15, 0.2) is 36.5 Å². The summed E-state index contributed by atoms with van der Waals surface area (Å²) in [5, 5.41) is 3.02. The van der Waals surface area contributed by atoms with Gasteiger partial charge in [-0.1, -0.05) is 0 Å². The van der Waals surface area contributed by atoms with Crippen LogP contribution in [0.25, 0.3) is 0 Å². The zero-order valence-corrected chi connectivity index (χ0v) is 15.5. The van der Waals surface area contributed by atoms with Crippen LogP contribution in [-0.2, 0) is 9.53 Å². The first-order valence-corrected chi connectivity index (χ1v) is 8.96. The van der Waals surface area contributed by atoms with E-state index in [1.54, 1.807) is 47.1 Å². The summed E-state index contributed by atoms with van der Waals surface area (Å²) in [5.41, 5.74) is 1.41. The molecule has 0 bridgehead atoms. The molecule has 146 valence electrons. The fourth-order valence-corrected chi connectivity index (χ4v) is 2.76. The summed E-state index contributed by atoms with van der Waals surface area (Å²) in [5.74, 6) is -0.303. The van der Waals surface area contributed by atoms with Crippen LogP contribution in [0.3, 0.4) is 0 Å². The minimum Gasteiger partial charge on any atom is -0.462 e. The van der Waals surface area contributed by atoms with E-state index in [2.05, 4.69) is 15.3 Å². The predicted octanol–water partition coefficient (Wildman–Crippen LogP) is 1.31. The van der Waals surface area contributed by atoms with Crippen molar-refractivity contribution in [1.29, 1.82) is 0 Å². The monoisotopic (exact) mass is 383 g/mol. The van der Waals surface area contributed by atoms with Gasteiger partial charge in [0.05, 0.1) is 12.2 Å². The molecule has 0 atom stereocenters. The number of amides is 2. The molecule has 0 radical (unpaired) electrons. The van der Waals surface area contributed by atoms with E-state index in [4.69, 9.17) is 4.74 Å². The minimum absolute atomic E-state index is 0.200. The number of hydrogen-bond donors (Lipinski definition) is 1. The summed E-state index contributed by atoms with van der Waals surface area (Å²) in [7, 11) is 0. The summed E-state index contributed by atoms with van der Waals surface area (Å²) in [4.78, 5) is 46.8. The third-order valence-electron chi connectivity index (χ3n) is 4.28. The molecular formula is C19H21N5O4. The van der Waals surface area contributed by atoms with Crippen molar-refractivity contribution in [2.45, 2.75) is 6.92 Å². The first-order valence-electron chi connectivity index (χ1n) is 8.96. The number of nitrogens with zero attached hydrogens (tertiary/aromatic N) is 4. The molecule has 28 heavy (non-hydrogen) atoms. The van der Waals surface area contributed by atoms with Crippen molar-refractivity contribution in [1.82, 2.24) is 19.8 Å². The number of anilines is 2. The molecule has 1 N–H and O–H groups in total. The lowest BCUT2D eigenvalue weighted by atomic mass is 10.2. The molecule has 1 aliphatic rings. The Morgan fingerprint density at radius 3 is 2.50 bits per heavy atom. The van der Waals surface area contributed by atoms with Crippen LogP contribution < -0.4 is 5.32 Å². The van der Waals surface area contributed by atoms with Gasteiger partial charge in [0, 0.05) is 38.1 Å². The lowest BCUT2D eigenvalue weighted by Crippen LogP contribution is -2.48. The maximum absolute atomic E-state index is 12.6. The molecule has 1 saturated heterocycles. The molecule has 1 aromatic heterocycles. The Hall–Kier alpha value is -3.49. The van der Waals surface area contributed by atoms with Crippen LogP contribution in [0, 0.1) is 0 Å². The lowest BCUT2D eigenvalue weighted by Gasteiger charge is -2.32. The van der Waals surface area contributed by atoms with E-state index in [0.717, 1.165) is 6.41 Å². The number of piperazine rings is 1. The van der Waals surface area contributed by atoms with Gasteiger partial charge in [-0.2, -0.15) is 0 Å². The molecule has 3 rings (SSSR count). The Kier molecular flexibility index (Phi) is 6.15. The molecule has 0 aliphatic carbocycles. The molecule has 0 saturated carbocycles. The molecule has 2 heterocycles. The van der Waals surface area contributed by atoms with Crippen molar-refractivity contribution < 1.29 is 19.1 Å². The van der Waals surface area contributed by atoms with Gasteiger partial charge in [-0.25, -0.2) is 14.8 Å². The second-order valence-corrected chi connectivity index (χ2v) is 6.12. The van der Waals surface area contributed by atoms with E-state index in [9.17, 15) is 14.4 Å². The fourth-order valence-electron chi connectivity index (χ4n) is 2.76. The molecule has 0 unspecified atom stereocenters. The molecular weight excluding hydrogens is 362 g/mol. The third kappa shape index (κ3) is 4.61. The Morgan fingerprint density at radius 1 is 1.14 bits per heavy atom. The van der Waals surface area contributed by atoms with Gasteiger partial charge in [0.15, 0.2) is 0 Å². The lowest BCUT2D eigenvalue weighted by molar-refractivity contribution is -0.119. The highest BCUT2D eigenvalue weighted by atomic mass is 16.5. The number of hydrogen-bond acceptors (Lipinski definition) is 7. The zero-order chi connectivity index (χ0) is 19.9. The summed E-state index contributed by atoms with van der Waals surface area (Å²) < 4.78 is 4.95. The molecule has 1 fully saturated rings. The van der Waals surface area contributed by atoms with E-state index in [0.29, 0.717) is 44.0 Å². The van der Waals surface area contributed by atoms with Gasteiger partial charge in [-0.3, -0.25) is 9.59 Å². The number of esters is 1. The second-order valence-electron chi connectivity index (χ2n) is 6.12. The van der Waals surface area contributed by atoms with Crippen molar-refractivity contribution >= 4 is 29.9 Å². The molecule has 9 heteroatoms. The standard InChI is InChI=1S/C19H21N5O4/c1-2-28-18(27)14-3-5-15(6-4-14)21-19-20-8-7-16(22-19)17(26)24-11-9-23(13-25)10-12-24/h3-8,13H,2,9-12H2,1H3,(H,20,21,22). The first-order chi connectivity index (χ1) is 13.6. The van der Waals surface area contributed by atoms with Gasteiger partial charge in [-0.05, 0) is 37.3 Å². The largest absolute Gasteiger partial charge is 0.462 e. The zero-order valence-electron chi connectivity index (χ0n) is 15.5. The summed E-state index contributed by atoms with van der Waals surface area (Å²) in [6.45, 7) is 4.04. The molecule has 1 aliphatic heterocycles. The van der Waals surface area contributed by atoms with Crippen LogP contribution in [0.2, 0.25) is 0 Å². The SMILES string of the molecule is CCOC(=O)c1ccc(Nc2nccc(C(=O)N3CCN(C=O)CC3)n2)cc1. The van der Waals surface area contributed by atoms with Gasteiger partial charge in [0.2, 0.25) is 12.4 Å². The molecule has 0 spiro atoms. The molecule has 9 nitrogen and oxygen atoms in total. The Bertz CT molecular complexity index is 848. The van der Waals surface area contributed by atoms with Crippen LogP contribution in [-0.4, -0.2) is 70.8 Å². The first kappa shape index (κ1) is 19.3. The Morgan fingerprint density at radius 2 is 1.86 bits per heavy atom. The van der Waals surface area contributed by atoms with Crippen LogP contribution in [0.4, 0.5) is 11.6 Å². The number of carbonyl (C=O) groups is 3. The highest BCUT2D eigenvalue weighted by Crippen LogP contribution is 2.15. The highest BCUT2D eigenvalue weighted by Gasteiger charge is 2.22. The van der Waals surface area contributed by atoms with Crippen molar-refractivity contribution in [3.63, 3.8) is 0 Å². The predicted molar refractivity (Wildman–Crippen MR) is 101 cm³/mol. The van der Waals surface area contributed by atoms with Crippen LogP contribution in [0.5, 0.6) is 0 Å². The van der Waals surface area contributed by atoms with E-state index < -0.39 is 0 Å². The van der Waals surface area contributed by atoms with Crippen molar-refractivity contribution in [2.75, 3.05) is 38.1 Å². The average molecular weight is 383 g/mol. The number of rotatable bonds is 6. The van der Waals surface area contributed by atoms with E-state index in [1.807, 2.05) is 0 Å². The highest BCUT2D eigenvalue weighted by molar-refractivity contribution is 5.92. The van der Waals surface area contributed by atoms with E-state index in [1.165, 1.54) is 6.20 Å². The smallest absolute Gasteiger partial charge is 0.338 e. The number of aromatic nitrogens is 2. The topological polar surface area (TPSA) is 105 Å². The number of ether oxygens (including phenoxy) is 1. The van der Waals surface area contributed by atoms with Crippen LogP contribution in [0.1, 0.15) is 27.8 Å². The Balaban J connectivity index is 1.65. The number of nitrogens with one attached hydrogen (secondary N) is 1. The summed E-state index contributed by atoms with van der Waals surface area (Å²) >= 11 is 0. The third-order valence-corrected chi connectivity index (χ3v) is 4.28. The minimum atomic E-state index is -0.382. The summed E-state index contributed by atoms with van der Waals surface area (Å²) in [6.07, 6.45) is 2.30. The van der Waals surface area contributed by atoms with E-state index in [-0.39, 0.29) is 23.5 Å². The normalized spacial score (nSPS) is 13.8. The maximum Gasteiger partial charge on any atom is 0.338 e. The second kappa shape index (κ2) is 8.94. The fraction of sp³-hybridized carbons (Fsp3) is 0.316. The summed E-state index contributed by atoms with van der Waals surface area (Å²) in [6, 6.07) is 8.26. The van der Waals surface area contributed by atoms with Gasteiger partial charge in [-0.15, -0.1) is 0 Å². The van der Waals surface area contributed by atoms with Gasteiger partial charge >= 0.3 is 5.97 Å². The Labute approximate surface area is 162 Å². The van der Waals surface area contributed by atoms with Gasteiger partial charge in [0.25, 0.3) is 5.91 Å². The van der Waals surface area contributed by atoms with Crippen LogP contribution >= 0.6 is 0 Å². The molecule has 2 aromatic rings. The number of benzene rings is 1. The molecule has 2 amide bonds. The van der Waals surface area contributed by atoms with Gasteiger partial charge < -0.3 is 19.9 Å². The number of carbonyl (C=O) groups excluding carboxylic acids is 3. The van der Waals surface area contributed by atoms with Crippen molar-refractivity contribution in [3.05, 3.63) is 47.8 Å². The maximum atomic E-state index is 12.6. The van der Waals surface area contributed by atoms with E-state index >= 15 is 0 Å². The van der Waals surface area contributed by atoms with Crippen molar-refractivity contribution in [2.24, 2.45) is 0 Å². The quantitative estimate of drug-likeness (QED) is 0.592. The average Bonchev–Trinajstić information content (AvgIpc) is 2.74.